The van der Waals surface area contributed by atoms with E-state index in [2.05, 4.69) is 9.62 Å². The van der Waals surface area contributed by atoms with Gasteiger partial charge in [-0.15, -0.1) is 0 Å². The van der Waals surface area contributed by atoms with Crippen molar-refractivity contribution in [3.63, 3.8) is 0 Å². The molecule has 1 aromatic rings. The van der Waals surface area contributed by atoms with Crippen LogP contribution in [0.1, 0.15) is 24.8 Å². The van der Waals surface area contributed by atoms with Gasteiger partial charge in [0.15, 0.2) is 0 Å². The van der Waals surface area contributed by atoms with Crippen LogP contribution in [0.4, 0.5) is 4.39 Å². The fourth-order valence-electron chi connectivity index (χ4n) is 2.55. The molecule has 2 N–H and O–H groups in total. The van der Waals surface area contributed by atoms with Crippen molar-refractivity contribution < 1.29 is 17.9 Å². The van der Waals surface area contributed by atoms with Crippen LogP contribution < -0.4 is 4.72 Å². The summed E-state index contributed by atoms with van der Waals surface area (Å²) >= 11 is 0. The summed E-state index contributed by atoms with van der Waals surface area (Å²) in [6, 6.07) is 4.09. The summed E-state index contributed by atoms with van der Waals surface area (Å²) in [7, 11) is -3.80. The molecule has 0 unspecified atom stereocenters. The Balaban J connectivity index is 1.80. The van der Waals surface area contributed by atoms with Gasteiger partial charge in [0.2, 0.25) is 10.0 Å². The lowest BCUT2D eigenvalue weighted by molar-refractivity contribution is 0.0823. The van der Waals surface area contributed by atoms with Crippen LogP contribution in [-0.4, -0.2) is 50.7 Å². The summed E-state index contributed by atoms with van der Waals surface area (Å²) in [5, 5.41) is 9.42. The van der Waals surface area contributed by atoms with Gasteiger partial charge in [-0.1, -0.05) is 6.07 Å². The second-order valence-electron chi connectivity index (χ2n) is 5.76. The minimum Gasteiger partial charge on any atom is -0.393 e. The van der Waals surface area contributed by atoms with Crippen LogP contribution >= 0.6 is 0 Å². The number of halogens is 1. The number of likely N-dealkylation sites (tertiary alicyclic amines) is 1. The Morgan fingerprint density at radius 1 is 1.36 bits per heavy atom. The van der Waals surface area contributed by atoms with E-state index >= 15 is 0 Å². The van der Waals surface area contributed by atoms with E-state index in [0.717, 1.165) is 32.5 Å². The van der Waals surface area contributed by atoms with Gasteiger partial charge in [0, 0.05) is 19.6 Å². The first-order chi connectivity index (χ1) is 10.4. The van der Waals surface area contributed by atoms with E-state index in [1.165, 1.54) is 12.1 Å². The highest BCUT2D eigenvalue weighted by Gasteiger charge is 2.19. The third kappa shape index (κ3) is 4.74. The molecule has 0 bridgehead atoms. The molecule has 2 rings (SSSR count). The highest BCUT2D eigenvalue weighted by molar-refractivity contribution is 7.89. The van der Waals surface area contributed by atoms with Crippen LogP contribution in [0.5, 0.6) is 0 Å². The van der Waals surface area contributed by atoms with Crippen molar-refractivity contribution in [2.45, 2.75) is 37.2 Å². The quantitative estimate of drug-likeness (QED) is 0.771. The van der Waals surface area contributed by atoms with Gasteiger partial charge in [0.05, 0.1) is 6.10 Å². The molecule has 0 spiro atoms. The maximum atomic E-state index is 13.7. The number of piperidine rings is 1. The molecule has 124 valence electrons. The monoisotopic (exact) mass is 330 g/mol. The van der Waals surface area contributed by atoms with E-state index in [9.17, 15) is 17.9 Å². The molecule has 0 aromatic heterocycles. The number of nitrogens with one attached hydrogen (secondary N) is 1. The van der Waals surface area contributed by atoms with Crippen molar-refractivity contribution in [1.29, 1.82) is 0 Å². The number of hydrogen-bond acceptors (Lipinski definition) is 4. The van der Waals surface area contributed by atoms with Crippen molar-refractivity contribution >= 4 is 10.0 Å². The average Bonchev–Trinajstić information content (AvgIpc) is 2.45. The molecule has 1 aliphatic rings. The zero-order chi connectivity index (χ0) is 16.2. The third-order valence-electron chi connectivity index (χ3n) is 3.88. The summed E-state index contributed by atoms with van der Waals surface area (Å²) in [6.07, 6.45) is 1.97. The van der Waals surface area contributed by atoms with Gasteiger partial charge >= 0.3 is 0 Å². The zero-order valence-electron chi connectivity index (χ0n) is 12.8. The molecule has 0 amide bonds. The topological polar surface area (TPSA) is 69.6 Å². The number of rotatable bonds is 6. The van der Waals surface area contributed by atoms with Gasteiger partial charge in [0.25, 0.3) is 0 Å². The normalized spacial score (nSPS) is 17.8. The van der Waals surface area contributed by atoms with Gasteiger partial charge in [-0.25, -0.2) is 17.5 Å². The van der Waals surface area contributed by atoms with Gasteiger partial charge in [-0.3, -0.25) is 0 Å². The highest BCUT2D eigenvalue weighted by atomic mass is 32.2. The Labute approximate surface area is 131 Å². The molecule has 0 saturated carbocycles. The van der Waals surface area contributed by atoms with Crippen molar-refractivity contribution in [3.8, 4) is 0 Å². The Bertz CT molecular complexity index is 599. The highest BCUT2D eigenvalue weighted by Crippen LogP contribution is 2.15. The van der Waals surface area contributed by atoms with Crippen LogP contribution in [0.15, 0.2) is 23.1 Å². The minimum atomic E-state index is -3.80. The lowest BCUT2D eigenvalue weighted by Gasteiger charge is -2.29. The Kier molecular flexibility index (Phi) is 5.91. The summed E-state index contributed by atoms with van der Waals surface area (Å²) < 4.78 is 40.3. The summed E-state index contributed by atoms with van der Waals surface area (Å²) in [4.78, 5) is 1.90. The molecule has 1 saturated heterocycles. The molecule has 0 atom stereocenters. The number of aliphatic hydroxyl groups is 1. The van der Waals surface area contributed by atoms with Crippen LogP contribution in [-0.2, 0) is 10.0 Å². The van der Waals surface area contributed by atoms with Gasteiger partial charge in [0.1, 0.15) is 10.7 Å². The summed E-state index contributed by atoms with van der Waals surface area (Å²) in [5.41, 5.74) is 0.684. The fourth-order valence-corrected chi connectivity index (χ4v) is 3.69. The van der Waals surface area contributed by atoms with E-state index in [1.54, 1.807) is 13.0 Å². The molecule has 22 heavy (non-hydrogen) atoms. The van der Waals surface area contributed by atoms with Gasteiger partial charge in [-0.2, -0.15) is 0 Å². The second kappa shape index (κ2) is 7.50. The van der Waals surface area contributed by atoms with Crippen LogP contribution in [0.25, 0.3) is 0 Å². The lowest BCUT2D eigenvalue weighted by Crippen LogP contribution is -2.37. The summed E-state index contributed by atoms with van der Waals surface area (Å²) in [6.45, 7) is 4.42. The maximum absolute atomic E-state index is 13.7. The van der Waals surface area contributed by atoms with E-state index in [-0.39, 0.29) is 17.5 Å². The molecule has 5 nitrogen and oxygen atoms in total. The van der Waals surface area contributed by atoms with Crippen LogP contribution in [0.3, 0.4) is 0 Å². The number of benzene rings is 1. The second-order valence-corrected chi connectivity index (χ2v) is 7.49. The number of hydrogen-bond donors (Lipinski definition) is 2. The van der Waals surface area contributed by atoms with Crippen molar-refractivity contribution in [2.24, 2.45) is 0 Å². The first-order valence-electron chi connectivity index (χ1n) is 7.55. The van der Waals surface area contributed by atoms with Gasteiger partial charge < -0.3 is 10.0 Å². The van der Waals surface area contributed by atoms with Crippen LogP contribution in [0.2, 0.25) is 0 Å². The van der Waals surface area contributed by atoms with Crippen LogP contribution in [0, 0.1) is 12.7 Å². The Hall–Kier alpha value is -1.02. The predicted molar refractivity (Wildman–Crippen MR) is 82.6 cm³/mol. The van der Waals surface area contributed by atoms with E-state index in [0.29, 0.717) is 12.0 Å². The molecule has 0 radical (unpaired) electrons. The van der Waals surface area contributed by atoms with Gasteiger partial charge in [-0.05, 0) is 50.4 Å². The molecule has 1 aromatic carbocycles. The number of aryl methyl sites for hydroxylation is 1. The zero-order valence-corrected chi connectivity index (χ0v) is 13.6. The fraction of sp³-hybridized carbons (Fsp3) is 0.600. The molecular formula is C15H23FN2O3S. The maximum Gasteiger partial charge on any atom is 0.243 e. The first-order valence-corrected chi connectivity index (χ1v) is 9.03. The van der Waals surface area contributed by atoms with Crippen molar-refractivity contribution in [1.82, 2.24) is 9.62 Å². The molecule has 1 aliphatic heterocycles. The number of nitrogens with zero attached hydrogens (tertiary/aromatic N) is 1. The van der Waals surface area contributed by atoms with E-state index in [1.807, 2.05) is 0 Å². The SMILES string of the molecule is Cc1ccc(S(=O)(=O)NCCCN2CCC(O)CC2)c(F)c1. The van der Waals surface area contributed by atoms with E-state index in [4.69, 9.17) is 0 Å². The summed E-state index contributed by atoms with van der Waals surface area (Å²) in [5.74, 6) is -0.725. The average molecular weight is 330 g/mol. The van der Waals surface area contributed by atoms with Crippen molar-refractivity contribution in [3.05, 3.63) is 29.6 Å². The molecular weight excluding hydrogens is 307 g/mol. The molecule has 1 fully saturated rings. The smallest absolute Gasteiger partial charge is 0.243 e. The Morgan fingerprint density at radius 2 is 2.05 bits per heavy atom. The van der Waals surface area contributed by atoms with E-state index < -0.39 is 15.8 Å². The predicted octanol–water partition coefficient (Wildman–Crippen LogP) is 1.26. The Morgan fingerprint density at radius 3 is 2.68 bits per heavy atom. The standard InChI is InChI=1S/C15H23FN2O3S/c1-12-3-4-15(14(16)11-12)22(20,21)17-7-2-8-18-9-5-13(19)6-10-18/h3-4,11,13,17,19H,2,5-10H2,1H3. The first kappa shape index (κ1) is 17.3. The molecule has 0 aliphatic carbocycles. The molecule has 7 heteroatoms. The molecule has 1 heterocycles. The minimum absolute atomic E-state index is 0.209. The number of aliphatic hydroxyl groups excluding tert-OH is 1. The van der Waals surface area contributed by atoms with Crippen molar-refractivity contribution in [2.75, 3.05) is 26.2 Å². The third-order valence-corrected chi connectivity index (χ3v) is 5.37. The largest absolute Gasteiger partial charge is 0.393 e. The lowest BCUT2D eigenvalue weighted by atomic mass is 10.1. The number of sulfonamides is 1.